The fourth-order valence-electron chi connectivity index (χ4n) is 1.68. The van der Waals surface area contributed by atoms with Gasteiger partial charge in [-0.05, 0) is 42.0 Å². The molecule has 20 heavy (non-hydrogen) atoms. The number of halogens is 1. The van der Waals surface area contributed by atoms with E-state index in [-0.39, 0.29) is 10.7 Å². The Morgan fingerprint density at radius 2 is 2.15 bits per heavy atom. The Balaban J connectivity index is 2.28. The fraction of sp³-hybridized carbons (Fsp3) is 0.250. The molecule has 0 spiro atoms. The number of nitrogens with zero attached hydrogens (tertiary/aromatic N) is 1. The van der Waals surface area contributed by atoms with Gasteiger partial charge in [-0.2, -0.15) is 0 Å². The molecule has 0 saturated heterocycles. The Labute approximate surface area is 125 Å². The van der Waals surface area contributed by atoms with E-state index in [1.807, 2.05) is 0 Å². The maximum atomic E-state index is 12.3. The number of nitrogens with one attached hydrogen (secondary N) is 2. The van der Waals surface area contributed by atoms with Crippen molar-refractivity contribution in [2.24, 2.45) is 0 Å². The van der Waals surface area contributed by atoms with Crippen molar-refractivity contribution < 1.29 is 12.8 Å². The number of aromatic nitrogens is 1. The standard InChI is InChI=1S/C12H14BrN3O3S/c1-8-11(5-10(19-8)7-14-2)20(17,18)16-12-4-3-9(13)6-15-12/h3-6,14H,7H2,1-2H3,(H,15,16). The van der Waals surface area contributed by atoms with Crippen LogP contribution in [0.1, 0.15) is 11.5 Å². The van der Waals surface area contributed by atoms with Crippen LogP contribution in [0.25, 0.3) is 0 Å². The molecule has 0 aliphatic heterocycles. The molecule has 6 nitrogen and oxygen atoms in total. The minimum absolute atomic E-state index is 0.118. The molecule has 0 radical (unpaired) electrons. The molecule has 2 N–H and O–H groups in total. The van der Waals surface area contributed by atoms with E-state index in [0.717, 1.165) is 4.47 Å². The van der Waals surface area contributed by atoms with Gasteiger partial charge in [0.2, 0.25) is 0 Å². The smallest absolute Gasteiger partial charge is 0.266 e. The van der Waals surface area contributed by atoms with Gasteiger partial charge in [0.1, 0.15) is 22.2 Å². The molecule has 2 aromatic heterocycles. The summed E-state index contributed by atoms with van der Waals surface area (Å²) in [6.45, 7) is 2.08. The highest BCUT2D eigenvalue weighted by molar-refractivity contribution is 9.10. The number of hydrogen-bond donors (Lipinski definition) is 2. The van der Waals surface area contributed by atoms with Crippen LogP contribution in [0.5, 0.6) is 0 Å². The molecule has 8 heteroatoms. The lowest BCUT2D eigenvalue weighted by atomic mass is 10.4. The van der Waals surface area contributed by atoms with Crippen molar-refractivity contribution in [1.29, 1.82) is 0 Å². The van der Waals surface area contributed by atoms with Gasteiger partial charge in [0, 0.05) is 16.7 Å². The minimum atomic E-state index is -3.70. The van der Waals surface area contributed by atoms with Crippen molar-refractivity contribution in [2.45, 2.75) is 18.4 Å². The molecule has 0 bridgehead atoms. The molecular formula is C12H14BrN3O3S. The summed E-state index contributed by atoms with van der Waals surface area (Å²) in [6, 6.07) is 4.79. The fourth-order valence-corrected chi connectivity index (χ4v) is 3.13. The molecule has 108 valence electrons. The van der Waals surface area contributed by atoms with Gasteiger partial charge in [0.25, 0.3) is 10.0 Å². The lowest BCUT2D eigenvalue weighted by molar-refractivity contribution is 0.466. The predicted octanol–water partition coefficient (Wildman–Crippen LogP) is 2.27. The summed E-state index contributed by atoms with van der Waals surface area (Å²) >= 11 is 3.24. The number of aryl methyl sites for hydroxylation is 1. The van der Waals surface area contributed by atoms with Crippen LogP contribution in [0.15, 0.2) is 38.2 Å². The molecule has 0 saturated carbocycles. The van der Waals surface area contributed by atoms with Crippen molar-refractivity contribution in [3.8, 4) is 0 Å². The average Bonchev–Trinajstić information content (AvgIpc) is 2.74. The van der Waals surface area contributed by atoms with Crippen molar-refractivity contribution in [1.82, 2.24) is 10.3 Å². The third kappa shape index (κ3) is 3.38. The van der Waals surface area contributed by atoms with E-state index in [0.29, 0.717) is 18.1 Å². The monoisotopic (exact) mass is 359 g/mol. The van der Waals surface area contributed by atoms with Crippen LogP contribution in [0, 0.1) is 6.92 Å². The van der Waals surface area contributed by atoms with E-state index in [9.17, 15) is 8.42 Å². The molecule has 0 unspecified atom stereocenters. The first-order chi connectivity index (χ1) is 9.42. The normalized spacial score (nSPS) is 11.6. The Morgan fingerprint density at radius 3 is 2.75 bits per heavy atom. The van der Waals surface area contributed by atoms with Gasteiger partial charge in [-0.3, -0.25) is 4.72 Å². The number of furan rings is 1. The van der Waals surface area contributed by atoms with E-state index in [4.69, 9.17) is 4.42 Å². The van der Waals surface area contributed by atoms with Gasteiger partial charge in [-0.25, -0.2) is 13.4 Å². The van der Waals surface area contributed by atoms with E-state index < -0.39 is 10.0 Å². The second-order valence-corrected chi connectivity index (χ2v) is 6.70. The molecule has 0 aliphatic carbocycles. The summed E-state index contributed by atoms with van der Waals surface area (Å²) in [4.78, 5) is 4.10. The number of hydrogen-bond acceptors (Lipinski definition) is 5. The summed E-state index contributed by atoms with van der Waals surface area (Å²) in [6.07, 6.45) is 1.52. The van der Waals surface area contributed by atoms with E-state index in [2.05, 4.69) is 31.0 Å². The predicted molar refractivity (Wildman–Crippen MR) is 79.0 cm³/mol. The third-order valence-corrected chi connectivity index (χ3v) is 4.46. The van der Waals surface area contributed by atoms with Gasteiger partial charge < -0.3 is 9.73 Å². The van der Waals surface area contributed by atoms with Crippen molar-refractivity contribution in [3.63, 3.8) is 0 Å². The van der Waals surface area contributed by atoms with Crippen molar-refractivity contribution in [3.05, 3.63) is 40.4 Å². The summed E-state index contributed by atoms with van der Waals surface area (Å²) in [5.41, 5.74) is 0. The number of rotatable bonds is 5. The van der Waals surface area contributed by atoms with Crippen LogP contribution in [0.2, 0.25) is 0 Å². The van der Waals surface area contributed by atoms with Gasteiger partial charge in [0.05, 0.1) is 6.54 Å². The molecule has 0 fully saturated rings. The molecule has 0 aliphatic rings. The summed E-state index contributed by atoms with van der Waals surface area (Å²) in [5.74, 6) is 1.16. The minimum Gasteiger partial charge on any atom is -0.464 e. The molecule has 0 atom stereocenters. The number of sulfonamides is 1. The lowest BCUT2D eigenvalue weighted by Crippen LogP contribution is -2.14. The molecule has 2 heterocycles. The summed E-state index contributed by atoms with van der Waals surface area (Å²) < 4.78 is 33.1. The van der Waals surface area contributed by atoms with Crippen LogP contribution < -0.4 is 10.0 Å². The van der Waals surface area contributed by atoms with Crippen LogP contribution in [-0.4, -0.2) is 20.4 Å². The summed E-state index contributed by atoms with van der Waals surface area (Å²) in [7, 11) is -1.94. The van der Waals surface area contributed by atoms with Crippen LogP contribution in [0.3, 0.4) is 0 Å². The van der Waals surface area contributed by atoms with E-state index in [1.165, 1.54) is 12.3 Å². The van der Waals surface area contributed by atoms with Crippen LogP contribution in [0.4, 0.5) is 5.82 Å². The largest absolute Gasteiger partial charge is 0.464 e. The number of anilines is 1. The quantitative estimate of drug-likeness (QED) is 0.855. The highest BCUT2D eigenvalue weighted by Gasteiger charge is 2.21. The lowest BCUT2D eigenvalue weighted by Gasteiger charge is -2.05. The number of pyridine rings is 1. The Morgan fingerprint density at radius 1 is 1.40 bits per heavy atom. The topological polar surface area (TPSA) is 84.2 Å². The highest BCUT2D eigenvalue weighted by atomic mass is 79.9. The van der Waals surface area contributed by atoms with E-state index in [1.54, 1.807) is 26.1 Å². The van der Waals surface area contributed by atoms with Gasteiger partial charge >= 0.3 is 0 Å². The SMILES string of the molecule is CNCc1cc(S(=O)(=O)Nc2ccc(Br)cn2)c(C)o1. The first-order valence-electron chi connectivity index (χ1n) is 5.80. The first-order valence-corrected chi connectivity index (χ1v) is 8.08. The zero-order chi connectivity index (χ0) is 14.8. The van der Waals surface area contributed by atoms with Crippen molar-refractivity contribution in [2.75, 3.05) is 11.8 Å². The first kappa shape index (κ1) is 15.0. The highest BCUT2D eigenvalue weighted by Crippen LogP contribution is 2.22. The van der Waals surface area contributed by atoms with Crippen LogP contribution in [-0.2, 0) is 16.6 Å². The molecule has 0 aromatic carbocycles. The van der Waals surface area contributed by atoms with Crippen LogP contribution >= 0.6 is 15.9 Å². The zero-order valence-corrected chi connectivity index (χ0v) is 13.4. The second-order valence-electron chi connectivity index (χ2n) is 4.13. The molecule has 0 amide bonds. The Hall–Kier alpha value is -1.38. The summed E-state index contributed by atoms with van der Waals surface area (Å²) in [5, 5.41) is 2.91. The molecule has 2 aromatic rings. The van der Waals surface area contributed by atoms with Crippen molar-refractivity contribution >= 4 is 31.8 Å². The Kier molecular flexibility index (Phi) is 4.46. The van der Waals surface area contributed by atoms with Gasteiger partial charge in [-0.1, -0.05) is 0 Å². The second kappa shape index (κ2) is 5.94. The Bertz CT molecular complexity index is 695. The third-order valence-electron chi connectivity index (χ3n) is 2.53. The molecule has 2 rings (SSSR count). The van der Waals surface area contributed by atoms with Gasteiger partial charge in [0.15, 0.2) is 0 Å². The molecular weight excluding hydrogens is 346 g/mol. The van der Waals surface area contributed by atoms with E-state index >= 15 is 0 Å². The maximum absolute atomic E-state index is 12.3. The van der Waals surface area contributed by atoms with Gasteiger partial charge in [-0.15, -0.1) is 0 Å². The average molecular weight is 360 g/mol. The zero-order valence-electron chi connectivity index (χ0n) is 11.0. The maximum Gasteiger partial charge on any atom is 0.266 e.